The first kappa shape index (κ1) is 20.8. The number of piperidine rings is 1. The Labute approximate surface area is 173 Å². The van der Waals surface area contributed by atoms with E-state index >= 15 is 0 Å². The fraction of sp³-hybridized carbons (Fsp3) is 0.435. The van der Waals surface area contributed by atoms with Gasteiger partial charge in [-0.1, -0.05) is 24.3 Å². The lowest BCUT2D eigenvalue weighted by Gasteiger charge is -2.34. The molecule has 0 saturated carbocycles. The predicted octanol–water partition coefficient (Wildman–Crippen LogP) is 3.35. The molecule has 0 radical (unpaired) electrons. The van der Waals surface area contributed by atoms with Crippen LogP contribution in [-0.2, 0) is 6.54 Å². The Kier molecular flexibility index (Phi) is 7.22. The zero-order valence-electron chi connectivity index (χ0n) is 17.9. The topological polar surface area (TPSA) is 58.1 Å². The van der Waals surface area contributed by atoms with Crippen LogP contribution < -0.4 is 25.0 Å². The van der Waals surface area contributed by atoms with Gasteiger partial charge in [0, 0.05) is 56.6 Å². The first-order valence-corrected chi connectivity index (χ1v) is 10.1. The molecule has 1 fully saturated rings. The highest BCUT2D eigenvalue weighted by Gasteiger charge is 2.21. The number of aryl methyl sites for hydroxylation is 1. The van der Waals surface area contributed by atoms with Crippen molar-refractivity contribution in [3.8, 4) is 11.5 Å². The summed E-state index contributed by atoms with van der Waals surface area (Å²) in [7, 11) is 5.19. The van der Waals surface area contributed by atoms with Gasteiger partial charge in [0.1, 0.15) is 11.5 Å². The Bertz CT molecular complexity index is 807. The summed E-state index contributed by atoms with van der Waals surface area (Å²) in [5, 5.41) is 7.01. The highest BCUT2D eigenvalue weighted by atomic mass is 16.5. The zero-order valence-corrected chi connectivity index (χ0v) is 17.9. The average molecular weight is 397 g/mol. The first-order valence-electron chi connectivity index (χ1n) is 10.1. The molecule has 2 aromatic rings. The first-order chi connectivity index (χ1) is 14.1. The summed E-state index contributed by atoms with van der Waals surface area (Å²) in [5.41, 5.74) is 3.72. The van der Waals surface area contributed by atoms with Crippen molar-refractivity contribution in [3.05, 3.63) is 53.6 Å². The molecule has 1 saturated heterocycles. The summed E-state index contributed by atoms with van der Waals surface area (Å²) in [4.78, 5) is 6.78. The SMILES string of the molecule is CN=C(NCc1ccccc1C)NC1CCN(c2cc(OC)cc(OC)c2)CC1. The van der Waals surface area contributed by atoms with Crippen molar-refractivity contribution < 1.29 is 9.47 Å². The monoisotopic (exact) mass is 396 g/mol. The summed E-state index contributed by atoms with van der Waals surface area (Å²) in [6.07, 6.45) is 2.09. The molecule has 0 spiro atoms. The number of methoxy groups -OCH3 is 2. The van der Waals surface area contributed by atoms with E-state index in [2.05, 4.69) is 63.8 Å². The second-order valence-electron chi connectivity index (χ2n) is 7.33. The number of hydrogen-bond donors (Lipinski definition) is 2. The fourth-order valence-corrected chi connectivity index (χ4v) is 3.63. The largest absolute Gasteiger partial charge is 0.497 e. The van der Waals surface area contributed by atoms with E-state index in [-0.39, 0.29) is 0 Å². The predicted molar refractivity (Wildman–Crippen MR) is 119 cm³/mol. The number of rotatable bonds is 6. The van der Waals surface area contributed by atoms with Crippen LogP contribution in [0.15, 0.2) is 47.5 Å². The number of aliphatic imine (C=N–C) groups is 1. The molecule has 29 heavy (non-hydrogen) atoms. The fourth-order valence-electron chi connectivity index (χ4n) is 3.63. The standard InChI is InChI=1S/C23H32N4O2/c1-17-7-5-6-8-18(17)16-25-23(24-2)26-19-9-11-27(12-10-19)20-13-21(28-3)15-22(14-20)29-4/h5-8,13-15,19H,9-12,16H2,1-4H3,(H2,24,25,26). The number of nitrogens with one attached hydrogen (secondary N) is 2. The molecule has 0 atom stereocenters. The Morgan fingerprint density at radius 3 is 2.31 bits per heavy atom. The number of nitrogens with zero attached hydrogens (tertiary/aromatic N) is 2. The molecule has 6 nitrogen and oxygen atoms in total. The maximum Gasteiger partial charge on any atom is 0.191 e. The average Bonchev–Trinajstić information content (AvgIpc) is 2.77. The minimum Gasteiger partial charge on any atom is -0.497 e. The van der Waals surface area contributed by atoms with Crippen LogP contribution in [0.2, 0.25) is 0 Å². The van der Waals surface area contributed by atoms with Crippen molar-refractivity contribution in [2.24, 2.45) is 4.99 Å². The highest BCUT2D eigenvalue weighted by Crippen LogP contribution is 2.30. The van der Waals surface area contributed by atoms with E-state index in [9.17, 15) is 0 Å². The molecule has 0 aromatic heterocycles. The van der Waals surface area contributed by atoms with Crippen LogP contribution >= 0.6 is 0 Å². The smallest absolute Gasteiger partial charge is 0.191 e. The van der Waals surface area contributed by atoms with Crippen LogP contribution in [0.25, 0.3) is 0 Å². The summed E-state index contributed by atoms with van der Waals surface area (Å²) < 4.78 is 10.8. The van der Waals surface area contributed by atoms with E-state index < -0.39 is 0 Å². The lowest BCUT2D eigenvalue weighted by molar-refractivity contribution is 0.393. The minimum absolute atomic E-state index is 0.404. The van der Waals surface area contributed by atoms with Gasteiger partial charge in [-0.15, -0.1) is 0 Å². The third-order valence-electron chi connectivity index (χ3n) is 5.47. The van der Waals surface area contributed by atoms with Gasteiger partial charge in [0.15, 0.2) is 5.96 Å². The summed E-state index contributed by atoms with van der Waals surface area (Å²) in [5.74, 6) is 2.50. The van der Waals surface area contributed by atoms with Gasteiger partial charge in [-0.25, -0.2) is 0 Å². The second kappa shape index (κ2) is 10.0. The molecule has 1 aliphatic rings. The van der Waals surface area contributed by atoms with Crippen LogP contribution in [0, 0.1) is 6.92 Å². The number of hydrogen-bond acceptors (Lipinski definition) is 4. The van der Waals surface area contributed by atoms with Gasteiger partial charge < -0.3 is 25.0 Å². The van der Waals surface area contributed by atoms with Gasteiger partial charge >= 0.3 is 0 Å². The number of guanidine groups is 1. The lowest BCUT2D eigenvalue weighted by atomic mass is 10.0. The maximum absolute atomic E-state index is 5.41. The van der Waals surface area contributed by atoms with Crippen LogP contribution in [-0.4, -0.2) is 46.4 Å². The van der Waals surface area contributed by atoms with Gasteiger partial charge in [0.25, 0.3) is 0 Å². The summed E-state index contributed by atoms with van der Waals surface area (Å²) in [6, 6.07) is 14.9. The van der Waals surface area contributed by atoms with Crippen LogP contribution in [0.1, 0.15) is 24.0 Å². The van der Waals surface area contributed by atoms with E-state index in [0.29, 0.717) is 6.04 Å². The van der Waals surface area contributed by atoms with E-state index in [1.54, 1.807) is 14.2 Å². The summed E-state index contributed by atoms with van der Waals surface area (Å²) in [6.45, 7) is 4.86. The van der Waals surface area contributed by atoms with Crippen LogP contribution in [0.4, 0.5) is 5.69 Å². The van der Waals surface area contributed by atoms with E-state index in [1.807, 2.05) is 13.1 Å². The molecule has 0 amide bonds. The zero-order chi connectivity index (χ0) is 20.6. The number of ether oxygens (including phenoxy) is 2. The van der Waals surface area contributed by atoms with E-state index in [1.165, 1.54) is 11.1 Å². The minimum atomic E-state index is 0.404. The lowest BCUT2D eigenvalue weighted by Crippen LogP contribution is -2.48. The molecule has 1 heterocycles. The van der Waals surface area contributed by atoms with Crippen molar-refractivity contribution in [2.45, 2.75) is 32.4 Å². The van der Waals surface area contributed by atoms with Gasteiger partial charge in [0.05, 0.1) is 14.2 Å². The van der Waals surface area contributed by atoms with Gasteiger partial charge in [-0.2, -0.15) is 0 Å². The Hall–Kier alpha value is -2.89. The van der Waals surface area contributed by atoms with E-state index in [0.717, 1.165) is 55.6 Å². The second-order valence-corrected chi connectivity index (χ2v) is 7.33. The molecule has 0 bridgehead atoms. The molecular formula is C23H32N4O2. The maximum atomic E-state index is 5.41. The molecule has 2 N–H and O–H groups in total. The van der Waals surface area contributed by atoms with Crippen molar-refractivity contribution in [2.75, 3.05) is 39.3 Å². The van der Waals surface area contributed by atoms with Gasteiger partial charge in [-0.3, -0.25) is 4.99 Å². The van der Waals surface area contributed by atoms with Crippen molar-refractivity contribution in [1.29, 1.82) is 0 Å². The summed E-state index contributed by atoms with van der Waals surface area (Å²) >= 11 is 0. The molecule has 1 aliphatic heterocycles. The Morgan fingerprint density at radius 2 is 1.72 bits per heavy atom. The van der Waals surface area contributed by atoms with Gasteiger partial charge in [0.2, 0.25) is 0 Å². The molecule has 156 valence electrons. The third-order valence-corrected chi connectivity index (χ3v) is 5.47. The highest BCUT2D eigenvalue weighted by molar-refractivity contribution is 5.80. The Balaban J connectivity index is 1.53. The van der Waals surface area contributed by atoms with Crippen LogP contribution in [0.3, 0.4) is 0 Å². The van der Waals surface area contributed by atoms with Crippen molar-refractivity contribution in [1.82, 2.24) is 10.6 Å². The molecule has 3 rings (SSSR count). The molecule has 2 aromatic carbocycles. The van der Waals surface area contributed by atoms with Crippen molar-refractivity contribution in [3.63, 3.8) is 0 Å². The van der Waals surface area contributed by atoms with Crippen molar-refractivity contribution >= 4 is 11.6 Å². The molecule has 0 aliphatic carbocycles. The molecule has 0 unspecified atom stereocenters. The quantitative estimate of drug-likeness (QED) is 0.579. The Morgan fingerprint density at radius 1 is 1.07 bits per heavy atom. The number of benzene rings is 2. The number of anilines is 1. The van der Waals surface area contributed by atoms with Gasteiger partial charge in [-0.05, 0) is 30.9 Å². The van der Waals surface area contributed by atoms with Crippen LogP contribution in [0.5, 0.6) is 11.5 Å². The normalized spacial score (nSPS) is 15.2. The molecule has 6 heteroatoms. The van der Waals surface area contributed by atoms with E-state index in [4.69, 9.17) is 9.47 Å². The third kappa shape index (κ3) is 5.56. The molecular weight excluding hydrogens is 364 g/mol.